The van der Waals surface area contributed by atoms with Crippen molar-refractivity contribution in [3.05, 3.63) is 84.6 Å². The molecular weight excluding hydrogens is 348 g/mol. The van der Waals surface area contributed by atoms with Crippen molar-refractivity contribution in [1.82, 2.24) is 15.2 Å². The third-order valence-electron chi connectivity index (χ3n) is 5.49. The molecular formula is C23H20N4O. The zero-order chi connectivity index (χ0) is 18.9. The van der Waals surface area contributed by atoms with Crippen molar-refractivity contribution in [3.8, 4) is 16.9 Å². The largest absolute Gasteiger partial charge is 0.275 e. The second-order valence-electron chi connectivity index (χ2n) is 7.22. The first-order chi connectivity index (χ1) is 13.8. The van der Waals surface area contributed by atoms with Crippen molar-refractivity contribution in [2.24, 2.45) is 16.9 Å². The highest BCUT2D eigenvalue weighted by molar-refractivity contribution is 6.01. The first-order valence-corrected chi connectivity index (χ1v) is 9.53. The van der Waals surface area contributed by atoms with E-state index in [1.807, 2.05) is 60.7 Å². The van der Waals surface area contributed by atoms with Crippen LogP contribution in [0.5, 0.6) is 0 Å². The van der Waals surface area contributed by atoms with Crippen LogP contribution in [0.1, 0.15) is 23.2 Å². The molecule has 1 heterocycles. The van der Waals surface area contributed by atoms with E-state index >= 15 is 0 Å². The second-order valence-corrected chi connectivity index (χ2v) is 7.22. The number of aromatic nitrogens is 2. The quantitative estimate of drug-likeness (QED) is 0.554. The van der Waals surface area contributed by atoms with E-state index in [4.69, 9.17) is 0 Å². The van der Waals surface area contributed by atoms with Crippen molar-refractivity contribution in [2.75, 3.05) is 0 Å². The Morgan fingerprint density at radius 2 is 1.82 bits per heavy atom. The van der Waals surface area contributed by atoms with Gasteiger partial charge in [0.25, 0.3) is 5.91 Å². The van der Waals surface area contributed by atoms with E-state index in [0.29, 0.717) is 23.1 Å². The van der Waals surface area contributed by atoms with Crippen LogP contribution in [0.3, 0.4) is 0 Å². The highest BCUT2D eigenvalue weighted by Gasteiger charge is 2.38. The van der Waals surface area contributed by atoms with Crippen LogP contribution in [-0.2, 0) is 0 Å². The lowest BCUT2D eigenvalue weighted by Gasteiger charge is -2.31. The van der Waals surface area contributed by atoms with Gasteiger partial charge in [-0.2, -0.15) is 10.2 Å². The molecule has 2 aliphatic carbocycles. The van der Waals surface area contributed by atoms with Gasteiger partial charge >= 0.3 is 0 Å². The van der Waals surface area contributed by atoms with Crippen LogP contribution < -0.4 is 5.43 Å². The molecule has 5 heteroatoms. The predicted molar refractivity (Wildman–Crippen MR) is 109 cm³/mol. The van der Waals surface area contributed by atoms with Crippen LogP contribution in [-0.4, -0.2) is 21.4 Å². The number of rotatable bonds is 4. The molecule has 0 radical (unpaired) electrons. The van der Waals surface area contributed by atoms with Gasteiger partial charge in [0.05, 0.1) is 11.3 Å². The van der Waals surface area contributed by atoms with Crippen molar-refractivity contribution in [3.63, 3.8) is 0 Å². The summed E-state index contributed by atoms with van der Waals surface area (Å²) in [7, 11) is 0. The summed E-state index contributed by atoms with van der Waals surface area (Å²) in [6, 6.07) is 19.5. The SMILES string of the molecule is O=C(N/N=C1\CC2C=CCC12)c1cn(-c2ccccc2)nc1-c1ccccc1. The number of hydrogen-bond acceptors (Lipinski definition) is 3. The zero-order valence-electron chi connectivity index (χ0n) is 15.3. The lowest BCUT2D eigenvalue weighted by atomic mass is 9.74. The van der Waals surface area contributed by atoms with Crippen molar-refractivity contribution in [1.29, 1.82) is 0 Å². The summed E-state index contributed by atoms with van der Waals surface area (Å²) in [5.74, 6) is 0.847. The molecule has 3 aromatic rings. The highest BCUT2D eigenvalue weighted by Crippen LogP contribution is 2.40. The minimum absolute atomic E-state index is 0.233. The van der Waals surface area contributed by atoms with Crippen molar-refractivity contribution < 1.29 is 4.79 Å². The average Bonchev–Trinajstić information content (AvgIpc) is 3.34. The molecule has 138 valence electrons. The standard InChI is InChI=1S/C23H20N4O/c28-23(25-24-21-14-17-10-7-13-19(17)21)20-15-27(18-11-5-2-6-12-18)26-22(20)16-8-3-1-4-9-16/h1-12,15,17,19H,13-14H2,(H,25,28)/b24-21+. The van der Waals surface area contributed by atoms with Gasteiger partial charge in [0.2, 0.25) is 0 Å². The van der Waals surface area contributed by atoms with Gasteiger partial charge in [-0.3, -0.25) is 4.79 Å². The minimum Gasteiger partial charge on any atom is -0.267 e. The molecule has 0 aliphatic heterocycles. The summed E-state index contributed by atoms with van der Waals surface area (Å²) in [5, 5.41) is 9.09. The molecule has 0 bridgehead atoms. The maximum absolute atomic E-state index is 12.9. The molecule has 1 saturated carbocycles. The Labute approximate surface area is 163 Å². The van der Waals surface area contributed by atoms with Gasteiger partial charge in [0.1, 0.15) is 5.69 Å². The maximum atomic E-state index is 12.9. The summed E-state index contributed by atoms with van der Waals surface area (Å²) in [6.45, 7) is 0. The zero-order valence-corrected chi connectivity index (χ0v) is 15.3. The Hall–Kier alpha value is -3.47. The van der Waals surface area contributed by atoms with Gasteiger partial charge < -0.3 is 0 Å². The summed E-state index contributed by atoms with van der Waals surface area (Å²) < 4.78 is 1.74. The van der Waals surface area contributed by atoms with Gasteiger partial charge in [0.15, 0.2) is 0 Å². The number of nitrogens with zero attached hydrogens (tertiary/aromatic N) is 3. The van der Waals surface area contributed by atoms with E-state index in [2.05, 4.69) is 27.8 Å². The third-order valence-corrected chi connectivity index (χ3v) is 5.49. The average molecular weight is 368 g/mol. The van der Waals surface area contributed by atoms with Gasteiger partial charge in [-0.15, -0.1) is 0 Å². The van der Waals surface area contributed by atoms with Gasteiger partial charge in [-0.1, -0.05) is 60.7 Å². The fraction of sp³-hybridized carbons (Fsp3) is 0.174. The Morgan fingerprint density at radius 1 is 1.07 bits per heavy atom. The van der Waals surface area contributed by atoms with Crippen molar-refractivity contribution >= 4 is 11.6 Å². The predicted octanol–water partition coefficient (Wildman–Crippen LogP) is 4.22. The topological polar surface area (TPSA) is 59.3 Å². The molecule has 1 N–H and O–H groups in total. The molecule has 2 aromatic carbocycles. The van der Waals surface area contributed by atoms with E-state index in [9.17, 15) is 4.79 Å². The van der Waals surface area contributed by atoms with Crippen molar-refractivity contribution in [2.45, 2.75) is 12.8 Å². The molecule has 5 rings (SSSR count). The molecule has 28 heavy (non-hydrogen) atoms. The number of hydrazone groups is 1. The maximum Gasteiger partial charge on any atom is 0.275 e. The Morgan fingerprint density at radius 3 is 2.57 bits per heavy atom. The Kier molecular flexibility index (Phi) is 4.13. The van der Waals surface area contributed by atoms with Crippen LogP contribution in [0, 0.1) is 11.8 Å². The number of fused-ring (bicyclic) bond motifs is 1. The first-order valence-electron chi connectivity index (χ1n) is 9.53. The second kappa shape index (κ2) is 6.93. The molecule has 2 atom stereocenters. The van der Waals surface area contributed by atoms with E-state index in [1.54, 1.807) is 10.9 Å². The number of allylic oxidation sites excluding steroid dienone is 2. The van der Waals surface area contributed by atoms with E-state index in [0.717, 1.165) is 29.8 Å². The number of carbonyl (C=O) groups is 1. The van der Waals surface area contributed by atoms with Gasteiger partial charge in [-0.25, -0.2) is 10.1 Å². The molecule has 1 amide bonds. The number of hydrogen-bond donors (Lipinski definition) is 1. The van der Waals surface area contributed by atoms with Crippen LogP contribution in [0.25, 0.3) is 16.9 Å². The molecule has 0 spiro atoms. The highest BCUT2D eigenvalue weighted by atomic mass is 16.2. The molecule has 1 aromatic heterocycles. The smallest absolute Gasteiger partial charge is 0.267 e. The number of benzene rings is 2. The first kappa shape index (κ1) is 16.7. The summed E-state index contributed by atoms with van der Waals surface area (Å²) >= 11 is 0. The Bertz CT molecular complexity index is 1070. The van der Waals surface area contributed by atoms with Crippen LogP contribution in [0.15, 0.2) is 84.1 Å². The molecule has 0 saturated heterocycles. The van der Waals surface area contributed by atoms with Crippen LogP contribution in [0.2, 0.25) is 0 Å². The third kappa shape index (κ3) is 2.95. The molecule has 1 fully saturated rings. The number of nitrogens with one attached hydrogen (secondary N) is 1. The molecule has 2 unspecified atom stereocenters. The van der Waals surface area contributed by atoms with Crippen LogP contribution in [0.4, 0.5) is 0 Å². The summed E-state index contributed by atoms with van der Waals surface area (Å²) in [6.07, 6.45) is 8.20. The summed E-state index contributed by atoms with van der Waals surface area (Å²) in [5.41, 5.74) is 6.81. The Balaban J connectivity index is 1.46. The minimum atomic E-state index is -0.233. The molecule has 2 aliphatic rings. The van der Waals surface area contributed by atoms with E-state index in [-0.39, 0.29) is 5.91 Å². The van der Waals surface area contributed by atoms with E-state index in [1.165, 1.54) is 0 Å². The summed E-state index contributed by atoms with van der Waals surface area (Å²) in [4.78, 5) is 12.9. The van der Waals surface area contributed by atoms with Crippen LogP contribution >= 0.6 is 0 Å². The monoisotopic (exact) mass is 368 g/mol. The van der Waals surface area contributed by atoms with Gasteiger partial charge in [-0.05, 0) is 30.9 Å². The lowest BCUT2D eigenvalue weighted by Crippen LogP contribution is -2.35. The number of para-hydroxylation sites is 1. The number of amides is 1. The molecule has 5 nitrogen and oxygen atoms in total. The van der Waals surface area contributed by atoms with E-state index < -0.39 is 0 Å². The number of carbonyl (C=O) groups excluding carboxylic acids is 1. The van der Waals surface area contributed by atoms with Gasteiger partial charge in [0, 0.05) is 23.4 Å². The normalized spacial score (nSPS) is 21.4. The fourth-order valence-corrected chi connectivity index (χ4v) is 3.91. The lowest BCUT2D eigenvalue weighted by molar-refractivity contribution is 0.0954. The fourth-order valence-electron chi connectivity index (χ4n) is 3.91.